The number of nitrogens with zero attached hydrogens (tertiary/aromatic N) is 4. The highest BCUT2D eigenvalue weighted by molar-refractivity contribution is 5.93. The number of nitrogens with two attached hydrogens (primary N) is 2. The highest BCUT2D eigenvalue weighted by Gasteiger charge is 2.10. The van der Waals surface area contributed by atoms with E-state index in [0.717, 1.165) is 15.7 Å². The molecule has 0 saturated heterocycles. The zero-order valence-electron chi connectivity index (χ0n) is 11.0. The molecular formula is C14H12N6O. The maximum Gasteiger partial charge on any atom is 0.293 e. The second-order valence-electron chi connectivity index (χ2n) is 4.41. The van der Waals surface area contributed by atoms with Crippen LogP contribution < -0.4 is 17.2 Å². The highest BCUT2D eigenvalue weighted by Crippen LogP contribution is 2.26. The van der Waals surface area contributed by atoms with Gasteiger partial charge in [-0.15, -0.1) is 15.0 Å². The number of nitrogen functional groups attached to an aromatic ring is 1. The monoisotopic (exact) mass is 280 g/mol. The molecule has 2 aromatic carbocycles. The summed E-state index contributed by atoms with van der Waals surface area (Å²) in [7, 11) is 0. The van der Waals surface area contributed by atoms with Gasteiger partial charge < -0.3 is 11.7 Å². The molecular weight excluding hydrogens is 268 g/mol. The summed E-state index contributed by atoms with van der Waals surface area (Å²) in [4.78, 5) is 12.8. The van der Waals surface area contributed by atoms with Crippen LogP contribution in [0.4, 0.5) is 5.69 Å². The lowest BCUT2D eigenvalue weighted by atomic mass is 10.0. The first-order chi connectivity index (χ1) is 10.2. The van der Waals surface area contributed by atoms with Gasteiger partial charge in [0, 0.05) is 10.9 Å². The van der Waals surface area contributed by atoms with E-state index >= 15 is 0 Å². The van der Waals surface area contributed by atoms with Gasteiger partial charge in [0.1, 0.15) is 5.69 Å². The summed E-state index contributed by atoms with van der Waals surface area (Å²) in [5, 5.41) is 12.4. The Kier molecular flexibility index (Phi) is 3.07. The fraction of sp³-hybridized carbons (Fsp3) is 0. The topological polar surface area (TPSA) is 112 Å². The Morgan fingerprint density at radius 2 is 1.67 bits per heavy atom. The van der Waals surface area contributed by atoms with Crippen molar-refractivity contribution >= 4 is 16.5 Å². The van der Waals surface area contributed by atoms with Crippen LogP contribution in [-0.4, -0.2) is 9.89 Å². The van der Waals surface area contributed by atoms with Gasteiger partial charge >= 0.3 is 0 Å². The maximum absolute atomic E-state index is 12.0. The van der Waals surface area contributed by atoms with E-state index in [1.165, 1.54) is 0 Å². The Balaban J connectivity index is 2.25. The molecule has 0 aliphatic heterocycles. The molecule has 0 aliphatic carbocycles. The molecule has 7 nitrogen and oxygen atoms in total. The van der Waals surface area contributed by atoms with E-state index in [9.17, 15) is 4.79 Å². The van der Waals surface area contributed by atoms with Gasteiger partial charge in [0.05, 0.1) is 11.1 Å². The lowest BCUT2D eigenvalue weighted by molar-refractivity contribution is 0.781. The predicted octanol–water partition coefficient (Wildman–Crippen LogP) is 1.73. The van der Waals surface area contributed by atoms with Crippen LogP contribution in [-0.2, 0) is 0 Å². The van der Waals surface area contributed by atoms with E-state index in [1.807, 2.05) is 24.3 Å². The van der Waals surface area contributed by atoms with Crippen molar-refractivity contribution < 1.29 is 0 Å². The van der Waals surface area contributed by atoms with Gasteiger partial charge in [-0.2, -0.15) is 0 Å². The Morgan fingerprint density at radius 1 is 1.00 bits per heavy atom. The minimum Gasteiger partial charge on any atom is -0.320 e. The van der Waals surface area contributed by atoms with Crippen molar-refractivity contribution in [1.82, 2.24) is 9.89 Å². The van der Waals surface area contributed by atoms with Crippen LogP contribution in [0.5, 0.6) is 0 Å². The van der Waals surface area contributed by atoms with E-state index in [1.54, 1.807) is 24.3 Å². The summed E-state index contributed by atoms with van der Waals surface area (Å²) in [6.07, 6.45) is 0. The SMILES string of the molecule is NN=Nc1ccc(-c2nn(N)c(=O)c3ccccc23)cc1. The van der Waals surface area contributed by atoms with Gasteiger partial charge in [-0.1, -0.05) is 35.6 Å². The predicted molar refractivity (Wildman–Crippen MR) is 80.3 cm³/mol. The Morgan fingerprint density at radius 3 is 2.33 bits per heavy atom. The molecule has 1 heterocycles. The lowest BCUT2D eigenvalue weighted by Crippen LogP contribution is -2.30. The molecule has 0 atom stereocenters. The number of benzene rings is 2. The maximum atomic E-state index is 12.0. The van der Waals surface area contributed by atoms with Crippen LogP contribution in [0.2, 0.25) is 0 Å². The summed E-state index contributed by atoms with van der Waals surface area (Å²) in [5.41, 5.74) is 1.75. The Hall–Kier alpha value is -3.22. The second-order valence-corrected chi connectivity index (χ2v) is 4.41. The number of fused-ring (bicyclic) bond motifs is 1. The smallest absolute Gasteiger partial charge is 0.293 e. The largest absolute Gasteiger partial charge is 0.320 e. The minimum atomic E-state index is -0.331. The zero-order chi connectivity index (χ0) is 14.8. The highest BCUT2D eigenvalue weighted by atomic mass is 16.1. The van der Waals surface area contributed by atoms with Crippen LogP contribution >= 0.6 is 0 Å². The van der Waals surface area contributed by atoms with Gasteiger partial charge in [0.25, 0.3) is 5.56 Å². The van der Waals surface area contributed by atoms with Crippen molar-refractivity contribution in [2.24, 2.45) is 16.2 Å². The van der Waals surface area contributed by atoms with Crippen LogP contribution in [0, 0.1) is 0 Å². The van der Waals surface area contributed by atoms with Gasteiger partial charge in [0.2, 0.25) is 0 Å². The van der Waals surface area contributed by atoms with Crippen LogP contribution in [0.15, 0.2) is 63.7 Å². The first-order valence-electron chi connectivity index (χ1n) is 6.19. The number of hydrogen-bond acceptors (Lipinski definition) is 5. The molecule has 3 aromatic rings. The Bertz CT molecular complexity index is 882. The molecule has 0 amide bonds. The van der Waals surface area contributed by atoms with Crippen molar-refractivity contribution in [3.63, 3.8) is 0 Å². The van der Waals surface area contributed by atoms with Crippen LogP contribution in [0.25, 0.3) is 22.0 Å². The van der Waals surface area contributed by atoms with Crippen molar-refractivity contribution in [3.8, 4) is 11.3 Å². The normalized spacial score (nSPS) is 11.2. The molecule has 0 radical (unpaired) electrons. The van der Waals surface area contributed by atoms with E-state index in [2.05, 4.69) is 15.4 Å². The second kappa shape index (κ2) is 5.04. The fourth-order valence-corrected chi connectivity index (χ4v) is 2.17. The summed E-state index contributed by atoms with van der Waals surface area (Å²) < 4.78 is 0. The van der Waals surface area contributed by atoms with E-state index in [4.69, 9.17) is 11.7 Å². The fourth-order valence-electron chi connectivity index (χ4n) is 2.17. The molecule has 104 valence electrons. The molecule has 0 aliphatic rings. The first kappa shape index (κ1) is 12.8. The standard InChI is InChI=1S/C14H12N6O/c15-19-17-10-7-5-9(6-8-10)13-11-3-1-2-4-12(11)14(21)20(16)18-13/h1-8H,16H2,(H2,15,17). The molecule has 0 bridgehead atoms. The van der Waals surface area contributed by atoms with Gasteiger partial charge in [-0.3, -0.25) is 4.79 Å². The number of hydrogen-bond donors (Lipinski definition) is 2. The molecule has 3 rings (SSSR count). The zero-order valence-corrected chi connectivity index (χ0v) is 11.0. The third-order valence-electron chi connectivity index (χ3n) is 3.14. The number of aromatic nitrogens is 2. The third-order valence-corrected chi connectivity index (χ3v) is 3.14. The first-order valence-corrected chi connectivity index (χ1v) is 6.19. The van der Waals surface area contributed by atoms with Gasteiger partial charge in [-0.05, 0) is 18.2 Å². The van der Waals surface area contributed by atoms with E-state index in [-0.39, 0.29) is 5.56 Å². The van der Waals surface area contributed by atoms with E-state index < -0.39 is 0 Å². The summed E-state index contributed by atoms with van der Waals surface area (Å²) >= 11 is 0. The summed E-state index contributed by atoms with van der Waals surface area (Å²) in [6, 6.07) is 14.4. The molecule has 0 unspecified atom stereocenters. The van der Waals surface area contributed by atoms with Crippen LogP contribution in [0.1, 0.15) is 0 Å². The third kappa shape index (κ3) is 2.20. The summed E-state index contributed by atoms with van der Waals surface area (Å²) in [5.74, 6) is 10.7. The molecule has 0 fully saturated rings. The molecule has 0 spiro atoms. The number of rotatable bonds is 2. The van der Waals surface area contributed by atoms with Crippen LogP contribution in [0.3, 0.4) is 0 Å². The Labute approximate surface area is 119 Å². The van der Waals surface area contributed by atoms with Crippen molar-refractivity contribution in [2.45, 2.75) is 0 Å². The quantitative estimate of drug-likeness (QED) is 0.423. The van der Waals surface area contributed by atoms with Crippen molar-refractivity contribution in [2.75, 3.05) is 5.84 Å². The van der Waals surface area contributed by atoms with Crippen molar-refractivity contribution in [3.05, 3.63) is 58.9 Å². The van der Waals surface area contributed by atoms with Gasteiger partial charge in [-0.25, -0.2) is 0 Å². The lowest BCUT2D eigenvalue weighted by Gasteiger charge is -2.07. The van der Waals surface area contributed by atoms with Crippen molar-refractivity contribution in [1.29, 1.82) is 0 Å². The summed E-state index contributed by atoms with van der Waals surface area (Å²) in [6.45, 7) is 0. The molecule has 4 N–H and O–H groups in total. The average Bonchev–Trinajstić information content (AvgIpc) is 2.52. The van der Waals surface area contributed by atoms with Gasteiger partial charge in [0.15, 0.2) is 0 Å². The molecule has 7 heteroatoms. The molecule has 0 saturated carbocycles. The average molecular weight is 280 g/mol. The molecule has 21 heavy (non-hydrogen) atoms. The van der Waals surface area contributed by atoms with E-state index in [0.29, 0.717) is 16.8 Å². The molecule has 1 aromatic heterocycles. The minimum absolute atomic E-state index is 0.331.